The van der Waals surface area contributed by atoms with E-state index >= 15 is 0 Å². The van der Waals surface area contributed by atoms with Crippen LogP contribution in [0.15, 0.2) is 0 Å². The maximum Gasteiger partial charge on any atom is 0.0623 e. The predicted octanol–water partition coefficient (Wildman–Crippen LogP) is 2.58. The summed E-state index contributed by atoms with van der Waals surface area (Å²) in [5.74, 6) is 0.864. The zero-order valence-corrected chi connectivity index (χ0v) is 9.88. The van der Waals surface area contributed by atoms with Crippen molar-refractivity contribution in [1.82, 2.24) is 5.32 Å². The fourth-order valence-electron chi connectivity index (χ4n) is 2.19. The van der Waals surface area contributed by atoms with Crippen molar-refractivity contribution >= 4 is 0 Å². The Kier molecular flexibility index (Phi) is 5.49. The van der Waals surface area contributed by atoms with Crippen molar-refractivity contribution in [3.63, 3.8) is 0 Å². The summed E-state index contributed by atoms with van der Waals surface area (Å²) >= 11 is 0. The van der Waals surface area contributed by atoms with E-state index in [0.29, 0.717) is 12.1 Å². The van der Waals surface area contributed by atoms with Gasteiger partial charge in [0.05, 0.1) is 12.7 Å². The Morgan fingerprint density at radius 1 is 1.43 bits per heavy atom. The Balaban J connectivity index is 2.16. The third-order valence-electron chi connectivity index (χ3n) is 3.32. The lowest BCUT2D eigenvalue weighted by molar-refractivity contribution is 0.00478. The first-order valence-corrected chi connectivity index (χ1v) is 6.05. The van der Waals surface area contributed by atoms with Crippen molar-refractivity contribution in [2.45, 2.75) is 58.1 Å². The highest BCUT2D eigenvalue weighted by molar-refractivity contribution is 4.71. The van der Waals surface area contributed by atoms with E-state index in [2.05, 4.69) is 19.2 Å². The van der Waals surface area contributed by atoms with Crippen molar-refractivity contribution in [2.24, 2.45) is 5.92 Å². The van der Waals surface area contributed by atoms with Gasteiger partial charge in [-0.1, -0.05) is 26.7 Å². The molecule has 0 bridgehead atoms. The second-order valence-electron chi connectivity index (χ2n) is 4.62. The van der Waals surface area contributed by atoms with Crippen LogP contribution < -0.4 is 5.32 Å². The van der Waals surface area contributed by atoms with Gasteiger partial charge < -0.3 is 10.1 Å². The lowest BCUT2D eigenvalue weighted by atomic mass is 9.89. The molecule has 0 radical (unpaired) electrons. The van der Waals surface area contributed by atoms with Gasteiger partial charge in [0.25, 0.3) is 0 Å². The second kappa shape index (κ2) is 6.41. The summed E-state index contributed by atoms with van der Waals surface area (Å²) in [5.41, 5.74) is 0. The van der Waals surface area contributed by atoms with Gasteiger partial charge in [-0.25, -0.2) is 0 Å². The molecule has 0 aromatic carbocycles. The average Bonchev–Trinajstić information content (AvgIpc) is 2.19. The molecule has 84 valence electrons. The summed E-state index contributed by atoms with van der Waals surface area (Å²) in [6.07, 6.45) is 6.95. The molecule has 2 nitrogen and oxygen atoms in total. The third-order valence-corrected chi connectivity index (χ3v) is 3.32. The smallest absolute Gasteiger partial charge is 0.0623 e. The van der Waals surface area contributed by atoms with E-state index in [1.165, 1.54) is 25.7 Å². The topological polar surface area (TPSA) is 21.3 Å². The molecule has 0 aromatic rings. The third kappa shape index (κ3) is 3.97. The molecule has 1 aliphatic carbocycles. The maximum atomic E-state index is 5.93. The summed E-state index contributed by atoms with van der Waals surface area (Å²) in [4.78, 5) is 0. The molecule has 1 rings (SSSR count). The van der Waals surface area contributed by atoms with Gasteiger partial charge >= 0.3 is 0 Å². The largest absolute Gasteiger partial charge is 0.377 e. The lowest BCUT2D eigenvalue weighted by Gasteiger charge is -2.28. The maximum absolute atomic E-state index is 5.93. The Labute approximate surface area is 88.4 Å². The molecule has 0 heterocycles. The zero-order chi connectivity index (χ0) is 10.4. The van der Waals surface area contributed by atoms with E-state index in [1.807, 2.05) is 7.05 Å². The van der Waals surface area contributed by atoms with E-state index in [9.17, 15) is 0 Å². The molecule has 0 aliphatic heterocycles. The summed E-state index contributed by atoms with van der Waals surface area (Å²) in [6.45, 7) is 5.42. The molecule has 1 fully saturated rings. The van der Waals surface area contributed by atoms with Crippen LogP contribution in [-0.2, 0) is 4.74 Å². The van der Waals surface area contributed by atoms with Gasteiger partial charge in [-0.3, -0.25) is 0 Å². The first-order valence-electron chi connectivity index (χ1n) is 6.05. The number of nitrogens with one attached hydrogen (secondary N) is 1. The summed E-state index contributed by atoms with van der Waals surface area (Å²) in [7, 11) is 2.01. The van der Waals surface area contributed by atoms with E-state index in [0.717, 1.165) is 18.9 Å². The van der Waals surface area contributed by atoms with Crippen LogP contribution in [0, 0.1) is 5.92 Å². The van der Waals surface area contributed by atoms with Crippen LogP contribution in [0.3, 0.4) is 0 Å². The number of rotatable bonds is 5. The van der Waals surface area contributed by atoms with Crippen LogP contribution in [-0.4, -0.2) is 25.8 Å². The van der Waals surface area contributed by atoms with Crippen molar-refractivity contribution in [3.05, 3.63) is 0 Å². The Hall–Kier alpha value is -0.0800. The van der Waals surface area contributed by atoms with Gasteiger partial charge in [-0.05, 0) is 32.2 Å². The first kappa shape index (κ1) is 12.0. The molecule has 3 atom stereocenters. The van der Waals surface area contributed by atoms with Gasteiger partial charge in [0, 0.05) is 6.04 Å². The molecule has 0 aromatic heterocycles. The van der Waals surface area contributed by atoms with Crippen LogP contribution in [0.2, 0.25) is 0 Å². The SMILES string of the molecule is CCC(COC1CCCC(C)C1)NC. The van der Waals surface area contributed by atoms with E-state index in [1.54, 1.807) is 0 Å². The Morgan fingerprint density at radius 2 is 2.21 bits per heavy atom. The minimum atomic E-state index is 0.529. The molecule has 1 aliphatic rings. The molecule has 14 heavy (non-hydrogen) atoms. The number of hydrogen-bond donors (Lipinski definition) is 1. The minimum absolute atomic E-state index is 0.529. The van der Waals surface area contributed by atoms with Crippen molar-refractivity contribution < 1.29 is 4.74 Å². The molecule has 3 unspecified atom stereocenters. The predicted molar refractivity (Wildman–Crippen MR) is 60.5 cm³/mol. The quantitative estimate of drug-likeness (QED) is 0.735. The van der Waals surface area contributed by atoms with Crippen molar-refractivity contribution in [3.8, 4) is 0 Å². The second-order valence-corrected chi connectivity index (χ2v) is 4.62. The summed E-state index contributed by atoms with van der Waals surface area (Å²) < 4.78 is 5.93. The van der Waals surface area contributed by atoms with Gasteiger partial charge in [-0.2, -0.15) is 0 Å². The standard InChI is InChI=1S/C12H25NO/c1-4-11(13-3)9-14-12-7-5-6-10(2)8-12/h10-13H,4-9H2,1-3H3. The van der Waals surface area contributed by atoms with Crippen LogP contribution in [0.4, 0.5) is 0 Å². The van der Waals surface area contributed by atoms with Gasteiger partial charge in [0.15, 0.2) is 0 Å². The lowest BCUT2D eigenvalue weighted by Crippen LogP contribution is -2.33. The zero-order valence-electron chi connectivity index (χ0n) is 9.88. The highest BCUT2D eigenvalue weighted by Crippen LogP contribution is 2.25. The molecule has 1 N–H and O–H groups in total. The average molecular weight is 199 g/mol. The van der Waals surface area contributed by atoms with Gasteiger partial charge in [0.2, 0.25) is 0 Å². The Morgan fingerprint density at radius 3 is 2.79 bits per heavy atom. The van der Waals surface area contributed by atoms with E-state index in [-0.39, 0.29) is 0 Å². The monoisotopic (exact) mass is 199 g/mol. The summed E-state index contributed by atoms with van der Waals surface area (Å²) in [6, 6.07) is 0.534. The van der Waals surface area contributed by atoms with E-state index < -0.39 is 0 Å². The molecule has 0 spiro atoms. The Bertz CT molecular complexity index is 145. The molecule has 0 saturated heterocycles. The van der Waals surface area contributed by atoms with Crippen LogP contribution in [0.5, 0.6) is 0 Å². The fourth-order valence-corrected chi connectivity index (χ4v) is 2.19. The van der Waals surface area contributed by atoms with Crippen LogP contribution >= 0.6 is 0 Å². The highest BCUT2D eigenvalue weighted by Gasteiger charge is 2.19. The number of likely N-dealkylation sites (N-methyl/N-ethyl adjacent to an activating group) is 1. The molecular weight excluding hydrogens is 174 g/mol. The van der Waals surface area contributed by atoms with E-state index in [4.69, 9.17) is 4.74 Å². The van der Waals surface area contributed by atoms with Crippen LogP contribution in [0.1, 0.15) is 46.0 Å². The minimum Gasteiger partial charge on any atom is -0.377 e. The molecular formula is C12H25NO. The number of hydrogen-bond acceptors (Lipinski definition) is 2. The molecule has 1 saturated carbocycles. The highest BCUT2D eigenvalue weighted by atomic mass is 16.5. The van der Waals surface area contributed by atoms with Crippen molar-refractivity contribution in [2.75, 3.05) is 13.7 Å². The molecule has 0 amide bonds. The van der Waals surface area contributed by atoms with Crippen LogP contribution in [0.25, 0.3) is 0 Å². The normalized spacial score (nSPS) is 30.2. The number of ether oxygens (including phenoxy) is 1. The first-order chi connectivity index (χ1) is 6.76. The fraction of sp³-hybridized carbons (Fsp3) is 1.00. The van der Waals surface area contributed by atoms with Crippen molar-refractivity contribution in [1.29, 1.82) is 0 Å². The molecule has 2 heteroatoms. The van der Waals surface area contributed by atoms with Gasteiger partial charge in [-0.15, -0.1) is 0 Å². The van der Waals surface area contributed by atoms with Gasteiger partial charge in [0.1, 0.15) is 0 Å². The summed E-state index contributed by atoms with van der Waals surface area (Å²) in [5, 5.41) is 3.28.